The maximum Gasteiger partial charge on any atom is 0.224 e. The van der Waals surface area contributed by atoms with Gasteiger partial charge in [0.05, 0.1) is 0 Å². The first-order chi connectivity index (χ1) is 9.13. The van der Waals surface area contributed by atoms with E-state index in [1.807, 2.05) is 25.1 Å². The molecule has 0 atom stereocenters. The first-order valence-corrected chi connectivity index (χ1v) is 8.00. The van der Waals surface area contributed by atoms with Gasteiger partial charge in [-0.15, -0.1) is 0 Å². The average Bonchev–Trinajstić information content (AvgIpc) is 2.55. The number of halogens is 1. The van der Waals surface area contributed by atoms with Crippen LogP contribution in [0, 0.1) is 12.8 Å². The molecule has 1 fully saturated rings. The van der Waals surface area contributed by atoms with Crippen molar-refractivity contribution in [2.24, 2.45) is 5.92 Å². The molecule has 1 aromatic carbocycles. The van der Waals surface area contributed by atoms with Crippen molar-refractivity contribution in [1.29, 1.82) is 0 Å². The largest absolute Gasteiger partial charge is 0.326 e. The van der Waals surface area contributed by atoms with Crippen molar-refractivity contribution in [3.05, 3.63) is 28.2 Å². The summed E-state index contributed by atoms with van der Waals surface area (Å²) in [6.07, 6.45) is 8.34. The first-order valence-electron chi connectivity index (χ1n) is 7.20. The lowest BCUT2D eigenvalue weighted by molar-refractivity contribution is -0.117. The molecule has 0 aromatic heterocycles. The molecule has 1 amide bonds. The molecule has 0 heterocycles. The molecule has 0 unspecified atom stereocenters. The van der Waals surface area contributed by atoms with Gasteiger partial charge in [0.2, 0.25) is 5.91 Å². The van der Waals surface area contributed by atoms with Crippen LogP contribution in [0.15, 0.2) is 22.7 Å². The van der Waals surface area contributed by atoms with E-state index in [0.717, 1.165) is 15.7 Å². The van der Waals surface area contributed by atoms with E-state index in [-0.39, 0.29) is 5.91 Å². The zero-order chi connectivity index (χ0) is 13.7. The first kappa shape index (κ1) is 14.6. The Labute approximate surface area is 124 Å². The minimum Gasteiger partial charge on any atom is -0.326 e. The Bertz CT molecular complexity index is 416. The second-order valence-corrected chi connectivity index (χ2v) is 6.54. The number of benzene rings is 1. The predicted molar refractivity (Wildman–Crippen MR) is 83.3 cm³/mol. The molecule has 0 radical (unpaired) electrons. The zero-order valence-electron chi connectivity index (χ0n) is 11.5. The molecule has 0 bridgehead atoms. The highest BCUT2D eigenvalue weighted by atomic mass is 79.9. The molecule has 104 valence electrons. The molecular weight excluding hydrogens is 302 g/mol. The van der Waals surface area contributed by atoms with Crippen LogP contribution in [0.1, 0.15) is 50.5 Å². The van der Waals surface area contributed by atoms with Gasteiger partial charge in [-0.3, -0.25) is 4.79 Å². The number of nitrogens with one attached hydrogen (secondary N) is 1. The summed E-state index contributed by atoms with van der Waals surface area (Å²) < 4.78 is 1.01. The third-order valence-electron chi connectivity index (χ3n) is 3.77. The Balaban J connectivity index is 1.89. The maximum absolute atomic E-state index is 12.1. The molecule has 2 nitrogen and oxygen atoms in total. The van der Waals surface area contributed by atoms with E-state index >= 15 is 0 Å². The van der Waals surface area contributed by atoms with Gasteiger partial charge in [-0.05, 0) is 49.4 Å². The fraction of sp³-hybridized carbons (Fsp3) is 0.562. The van der Waals surface area contributed by atoms with Gasteiger partial charge < -0.3 is 5.32 Å². The number of amides is 1. The molecule has 0 saturated heterocycles. The topological polar surface area (TPSA) is 29.1 Å². The smallest absolute Gasteiger partial charge is 0.224 e. The highest BCUT2D eigenvalue weighted by molar-refractivity contribution is 9.10. The average molecular weight is 324 g/mol. The Kier molecular flexibility index (Phi) is 5.44. The van der Waals surface area contributed by atoms with Crippen LogP contribution in [0.25, 0.3) is 0 Å². The lowest BCUT2D eigenvalue weighted by atomic mass is 9.96. The van der Waals surface area contributed by atoms with Crippen LogP contribution in [-0.4, -0.2) is 5.91 Å². The number of hydrogen-bond donors (Lipinski definition) is 1. The van der Waals surface area contributed by atoms with Crippen LogP contribution in [0.3, 0.4) is 0 Å². The van der Waals surface area contributed by atoms with Crippen LogP contribution in [0.4, 0.5) is 5.69 Å². The van der Waals surface area contributed by atoms with Gasteiger partial charge in [-0.2, -0.15) is 0 Å². The van der Waals surface area contributed by atoms with Crippen molar-refractivity contribution >= 4 is 27.5 Å². The van der Waals surface area contributed by atoms with E-state index in [2.05, 4.69) is 21.2 Å². The van der Waals surface area contributed by atoms with E-state index in [1.54, 1.807) is 0 Å². The van der Waals surface area contributed by atoms with Gasteiger partial charge in [0.1, 0.15) is 0 Å². The second kappa shape index (κ2) is 7.09. The standard InChI is InChI=1S/C16H22BrNO/c1-12-8-14(17)11-15(9-12)18-16(19)10-13-6-4-2-3-5-7-13/h8-9,11,13H,2-7,10H2,1H3,(H,18,19). The van der Waals surface area contributed by atoms with E-state index in [9.17, 15) is 4.79 Å². The normalized spacial score (nSPS) is 16.9. The number of carbonyl (C=O) groups excluding carboxylic acids is 1. The van der Waals surface area contributed by atoms with Crippen molar-refractivity contribution < 1.29 is 4.79 Å². The van der Waals surface area contributed by atoms with Gasteiger partial charge in [0, 0.05) is 16.6 Å². The van der Waals surface area contributed by atoms with E-state index in [1.165, 1.54) is 38.5 Å². The van der Waals surface area contributed by atoms with Gasteiger partial charge in [0.15, 0.2) is 0 Å². The fourth-order valence-electron chi connectivity index (χ4n) is 2.85. The second-order valence-electron chi connectivity index (χ2n) is 5.63. The molecule has 1 saturated carbocycles. The summed E-state index contributed by atoms with van der Waals surface area (Å²) in [6.45, 7) is 2.03. The number of rotatable bonds is 3. The minimum absolute atomic E-state index is 0.157. The highest BCUT2D eigenvalue weighted by Crippen LogP contribution is 2.26. The monoisotopic (exact) mass is 323 g/mol. The van der Waals surface area contributed by atoms with E-state index in [0.29, 0.717) is 12.3 Å². The molecule has 1 N–H and O–H groups in total. The number of aryl methyl sites for hydroxylation is 1. The van der Waals surface area contributed by atoms with Crippen molar-refractivity contribution in [1.82, 2.24) is 0 Å². The quantitative estimate of drug-likeness (QED) is 0.774. The Morgan fingerprint density at radius 3 is 2.53 bits per heavy atom. The lowest BCUT2D eigenvalue weighted by Crippen LogP contribution is -2.16. The van der Waals surface area contributed by atoms with Crippen LogP contribution in [-0.2, 0) is 4.79 Å². The molecule has 19 heavy (non-hydrogen) atoms. The summed E-state index contributed by atoms with van der Waals surface area (Å²) in [7, 11) is 0. The van der Waals surface area contributed by atoms with Gasteiger partial charge in [-0.1, -0.05) is 41.6 Å². The zero-order valence-corrected chi connectivity index (χ0v) is 13.1. The Hall–Kier alpha value is -0.830. The summed E-state index contributed by atoms with van der Waals surface area (Å²) in [4.78, 5) is 12.1. The number of hydrogen-bond acceptors (Lipinski definition) is 1. The van der Waals surface area contributed by atoms with Gasteiger partial charge in [0.25, 0.3) is 0 Å². The van der Waals surface area contributed by atoms with Crippen LogP contribution in [0.2, 0.25) is 0 Å². The summed E-state index contributed by atoms with van der Waals surface area (Å²) >= 11 is 3.46. The third-order valence-corrected chi connectivity index (χ3v) is 4.23. The summed E-state index contributed by atoms with van der Waals surface area (Å²) in [6, 6.07) is 6.01. The van der Waals surface area contributed by atoms with Crippen LogP contribution >= 0.6 is 15.9 Å². The molecule has 3 heteroatoms. The summed E-state index contributed by atoms with van der Waals surface area (Å²) in [5, 5.41) is 3.02. The summed E-state index contributed by atoms with van der Waals surface area (Å²) in [5.41, 5.74) is 2.05. The molecule has 2 rings (SSSR count). The molecule has 1 aliphatic rings. The third kappa shape index (κ3) is 4.98. The van der Waals surface area contributed by atoms with Crippen LogP contribution < -0.4 is 5.32 Å². The van der Waals surface area contributed by atoms with E-state index < -0.39 is 0 Å². The van der Waals surface area contributed by atoms with Crippen LogP contribution in [0.5, 0.6) is 0 Å². The SMILES string of the molecule is Cc1cc(Br)cc(NC(=O)CC2CCCCCC2)c1. The molecule has 1 aliphatic carbocycles. The number of carbonyl (C=O) groups is 1. The minimum atomic E-state index is 0.157. The van der Waals surface area contributed by atoms with Crippen molar-refractivity contribution in [3.8, 4) is 0 Å². The predicted octanol–water partition coefficient (Wildman–Crippen LogP) is 5.06. The highest BCUT2D eigenvalue weighted by Gasteiger charge is 2.16. The Morgan fingerprint density at radius 2 is 1.89 bits per heavy atom. The number of anilines is 1. The summed E-state index contributed by atoms with van der Waals surface area (Å²) in [5.74, 6) is 0.736. The van der Waals surface area contributed by atoms with E-state index in [4.69, 9.17) is 0 Å². The van der Waals surface area contributed by atoms with Gasteiger partial charge in [-0.25, -0.2) is 0 Å². The van der Waals surface area contributed by atoms with Crippen molar-refractivity contribution in [2.75, 3.05) is 5.32 Å². The molecule has 1 aromatic rings. The fourth-order valence-corrected chi connectivity index (χ4v) is 3.46. The molecule has 0 aliphatic heterocycles. The van der Waals surface area contributed by atoms with Crippen molar-refractivity contribution in [3.63, 3.8) is 0 Å². The van der Waals surface area contributed by atoms with Crippen molar-refractivity contribution in [2.45, 2.75) is 51.9 Å². The lowest BCUT2D eigenvalue weighted by Gasteiger charge is -2.14. The maximum atomic E-state index is 12.1. The Morgan fingerprint density at radius 1 is 1.21 bits per heavy atom. The molecule has 0 spiro atoms. The molecular formula is C16H22BrNO. The van der Waals surface area contributed by atoms with Gasteiger partial charge >= 0.3 is 0 Å².